The summed E-state index contributed by atoms with van der Waals surface area (Å²) in [5.41, 5.74) is 0.406. The van der Waals surface area contributed by atoms with Gasteiger partial charge in [-0.15, -0.1) is 0 Å². The second-order valence-electron chi connectivity index (χ2n) is 8.26. The van der Waals surface area contributed by atoms with E-state index in [-0.39, 0.29) is 10.8 Å². The van der Waals surface area contributed by atoms with Gasteiger partial charge in [-0.1, -0.05) is 26.2 Å². The largest absolute Gasteiger partial charge is 0.495 e. The maximum atomic E-state index is 13.1. The van der Waals surface area contributed by atoms with Crippen LogP contribution >= 0.6 is 0 Å². The molecule has 2 aliphatic heterocycles. The van der Waals surface area contributed by atoms with Gasteiger partial charge in [0, 0.05) is 19.1 Å². The zero-order chi connectivity index (χ0) is 21.6. The molecule has 2 heterocycles. The number of benzene rings is 1. The summed E-state index contributed by atoms with van der Waals surface area (Å²) in [5.74, 6) is 0.321. The summed E-state index contributed by atoms with van der Waals surface area (Å²) in [5, 5.41) is 2.89. The van der Waals surface area contributed by atoms with Crippen molar-refractivity contribution < 1.29 is 17.9 Å². The van der Waals surface area contributed by atoms with Crippen molar-refractivity contribution in [3.05, 3.63) is 18.2 Å². The number of carbonyl (C=O) groups is 1. The summed E-state index contributed by atoms with van der Waals surface area (Å²) < 4.78 is 33.2. The number of hydrogen-bond acceptors (Lipinski definition) is 5. The van der Waals surface area contributed by atoms with Gasteiger partial charge in [-0.25, -0.2) is 8.42 Å². The molecule has 0 aliphatic carbocycles. The second kappa shape index (κ2) is 10.6. The molecule has 0 saturated carbocycles. The number of nitrogens with zero attached hydrogens (tertiary/aromatic N) is 2. The van der Waals surface area contributed by atoms with Crippen LogP contribution in [0, 0.1) is 0 Å². The van der Waals surface area contributed by atoms with Crippen LogP contribution in [0.3, 0.4) is 0 Å². The van der Waals surface area contributed by atoms with Crippen LogP contribution < -0.4 is 10.1 Å². The lowest BCUT2D eigenvalue weighted by Crippen LogP contribution is -2.43. The predicted octanol–water partition coefficient (Wildman–Crippen LogP) is 3.46. The SMILES string of the molecule is CCC1CCCCN1CC(=O)Nc1cc(S(=O)(=O)N2CCCCCC2)ccc1OC. The van der Waals surface area contributed by atoms with E-state index in [1.807, 2.05) is 0 Å². The quantitative estimate of drug-likeness (QED) is 0.707. The highest BCUT2D eigenvalue weighted by atomic mass is 32.2. The van der Waals surface area contributed by atoms with E-state index in [0.29, 0.717) is 37.1 Å². The number of anilines is 1. The molecule has 1 amide bonds. The Hall–Kier alpha value is -1.64. The van der Waals surface area contributed by atoms with Gasteiger partial charge in [-0.05, 0) is 56.8 Å². The van der Waals surface area contributed by atoms with Crippen LogP contribution in [-0.4, -0.2) is 62.9 Å². The first kappa shape index (κ1) is 23.0. The Bertz CT molecular complexity index is 820. The molecule has 2 saturated heterocycles. The number of methoxy groups -OCH3 is 1. The second-order valence-corrected chi connectivity index (χ2v) is 10.2. The van der Waals surface area contributed by atoms with Crippen molar-refractivity contribution in [1.29, 1.82) is 0 Å². The van der Waals surface area contributed by atoms with Crippen LogP contribution in [0.15, 0.2) is 23.1 Å². The van der Waals surface area contributed by atoms with Gasteiger partial charge in [0.1, 0.15) is 5.75 Å². The van der Waals surface area contributed by atoms with Crippen molar-refractivity contribution in [2.75, 3.05) is 38.6 Å². The Balaban J connectivity index is 1.76. The molecular weight excluding hydrogens is 402 g/mol. The number of carbonyl (C=O) groups excluding carboxylic acids is 1. The minimum atomic E-state index is -3.59. The fraction of sp³-hybridized carbons (Fsp3) is 0.682. The van der Waals surface area contributed by atoms with E-state index in [1.165, 1.54) is 19.6 Å². The zero-order valence-corrected chi connectivity index (χ0v) is 19.0. The van der Waals surface area contributed by atoms with E-state index in [4.69, 9.17) is 4.74 Å². The molecule has 0 aromatic heterocycles. The maximum Gasteiger partial charge on any atom is 0.243 e. The number of sulfonamides is 1. The number of ether oxygens (including phenoxy) is 1. The first-order chi connectivity index (χ1) is 14.5. The molecule has 1 atom stereocenters. The summed E-state index contributed by atoms with van der Waals surface area (Å²) >= 11 is 0. The molecule has 2 aliphatic rings. The number of hydrogen-bond donors (Lipinski definition) is 1. The molecule has 1 unspecified atom stereocenters. The van der Waals surface area contributed by atoms with E-state index in [2.05, 4.69) is 17.1 Å². The van der Waals surface area contributed by atoms with Gasteiger partial charge >= 0.3 is 0 Å². The summed E-state index contributed by atoms with van der Waals surface area (Å²) in [6, 6.07) is 5.15. The van der Waals surface area contributed by atoms with Gasteiger partial charge < -0.3 is 10.1 Å². The lowest BCUT2D eigenvalue weighted by Gasteiger charge is -2.34. The van der Waals surface area contributed by atoms with Crippen molar-refractivity contribution in [3.8, 4) is 5.75 Å². The molecule has 2 fully saturated rings. The smallest absolute Gasteiger partial charge is 0.243 e. The van der Waals surface area contributed by atoms with Crippen molar-refractivity contribution in [2.45, 2.75) is 69.2 Å². The molecule has 0 bridgehead atoms. The Kier molecular flexibility index (Phi) is 8.13. The van der Waals surface area contributed by atoms with E-state index in [0.717, 1.165) is 51.5 Å². The number of amides is 1. The average Bonchev–Trinajstić information content (AvgIpc) is 3.04. The van der Waals surface area contributed by atoms with Gasteiger partial charge in [0.25, 0.3) is 0 Å². The van der Waals surface area contributed by atoms with Gasteiger partial charge in [0.15, 0.2) is 0 Å². The summed E-state index contributed by atoms with van der Waals surface area (Å²) in [4.78, 5) is 15.2. The van der Waals surface area contributed by atoms with Gasteiger partial charge in [0.05, 0.1) is 24.2 Å². The normalized spacial score (nSPS) is 21.7. The zero-order valence-electron chi connectivity index (χ0n) is 18.2. The third kappa shape index (κ3) is 5.53. The third-order valence-corrected chi connectivity index (χ3v) is 8.11. The minimum absolute atomic E-state index is 0.141. The summed E-state index contributed by atoms with van der Waals surface area (Å²) in [6.07, 6.45) is 8.35. The minimum Gasteiger partial charge on any atom is -0.495 e. The van der Waals surface area contributed by atoms with Crippen molar-refractivity contribution in [2.24, 2.45) is 0 Å². The van der Waals surface area contributed by atoms with Crippen molar-refractivity contribution in [3.63, 3.8) is 0 Å². The Labute approximate surface area is 180 Å². The molecule has 1 N–H and O–H groups in total. The topological polar surface area (TPSA) is 79.0 Å². The highest BCUT2D eigenvalue weighted by Gasteiger charge is 2.27. The van der Waals surface area contributed by atoms with E-state index in [1.54, 1.807) is 16.4 Å². The maximum absolute atomic E-state index is 13.1. The highest BCUT2D eigenvalue weighted by molar-refractivity contribution is 7.89. The Morgan fingerprint density at radius 1 is 1.10 bits per heavy atom. The fourth-order valence-electron chi connectivity index (χ4n) is 4.48. The van der Waals surface area contributed by atoms with Gasteiger partial charge in [-0.2, -0.15) is 4.31 Å². The molecule has 30 heavy (non-hydrogen) atoms. The van der Waals surface area contributed by atoms with Crippen molar-refractivity contribution >= 4 is 21.6 Å². The molecule has 8 heteroatoms. The Morgan fingerprint density at radius 2 is 1.80 bits per heavy atom. The number of nitrogens with one attached hydrogen (secondary N) is 1. The van der Waals surface area contributed by atoms with Crippen LogP contribution in [-0.2, 0) is 14.8 Å². The molecule has 0 spiro atoms. The van der Waals surface area contributed by atoms with E-state index < -0.39 is 10.0 Å². The fourth-order valence-corrected chi connectivity index (χ4v) is 6.02. The van der Waals surface area contributed by atoms with Crippen LogP contribution in [0.5, 0.6) is 5.75 Å². The highest BCUT2D eigenvalue weighted by Crippen LogP contribution is 2.30. The van der Waals surface area contributed by atoms with Gasteiger partial charge in [0.2, 0.25) is 15.9 Å². The van der Waals surface area contributed by atoms with E-state index >= 15 is 0 Å². The summed E-state index contributed by atoms with van der Waals surface area (Å²) in [7, 11) is -2.07. The van der Waals surface area contributed by atoms with Crippen LogP contribution in [0.25, 0.3) is 0 Å². The van der Waals surface area contributed by atoms with Crippen molar-refractivity contribution in [1.82, 2.24) is 9.21 Å². The number of rotatable bonds is 7. The summed E-state index contributed by atoms with van der Waals surface area (Å²) in [6.45, 7) is 4.48. The molecule has 1 aromatic carbocycles. The first-order valence-corrected chi connectivity index (χ1v) is 12.6. The monoisotopic (exact) mass is 437 g/mol. The lowest BCUT2D eigenvalue weighted by atomic mass is 10.00. The molecule has 7 nitrogen and oxygen atoms in total. The molecule has 0 radical (unpaired) electrons. The average molecular weight is 438 g/mol. The van der Waals surface area contributed by atoms with Crippen LogP contribution in [0.1, 0.15) is 58.3 Å². The molecule has 1 aromatic rings. The Morgan fingerprint density at radius 3 is 2.47 bits per heavy atom. The van der Waals surface area contributed by atoms with Crippen LogP contribution in [0.2, 0.25) is 0 Å². The first-order valence-electron chi connectivity index (χ1n) is 11.2. The van der Waals surface area contributed by atoms with Crippen LogP contribution in [0.4, 0.5) is 5.69 Å². The lowest BCUT2D eigenvalue weighted by molar-refractivity contribution is -0.118. The molecular formula is C22H35N3O4S. The van der Waals surface area contributed by atoms with Gasteiger partial charge in [-0.3, -0.25) is 9.69 Å². The van der Waals surface area contributed by atoms with E-state index in [9.17, 15) is 13.2 Å². The predicted molar refractivity (Wildman–Crippen MR) is 118 cm³/mol. The number of piperidine rings is 1. The third-order valence-electron chi connectivity index (χ3n) is 6.21. The molecule has 168 valence electrons. The standard InChI is InChI=1S/C22H35N3O4S/c1-3-18-10-6-9-13-24(18)17-22(26)23-20-16-19(11-12-21(20)29-2)30(27,28)25-14-7-4-5-8-15-25/h11-12,16,18H,3-10,13-15,17H2,1-2H3,(H,23,26). The number of likely N-dealkylation sites (tertiary alicyclic amines) is 1. The molecule has 3 rings (SSSR count).